The van der Waals surface area contributed by atoms with Crippen molar-refractivity contribution in [1.29, 1.82) is 0 Å². The minimum Gasteiger partial charge on any atom is -0.490 e. The predicted molar refractivity (Wildman–Crippen MR) is 97.2 cm³/mol. The second kappa shape index (κ2) is 7.19. The van der Waals surface area contributed by atoms with Crippen molar-refractivity contribution in [3.63, 3.8) is 0 Å². The summed E-state index contributed by atoms with van der Waals surface area (Å²) in [4.78, 5) is 27.7. The van der Waals surface area contributed by atoms with Gasteiger partial charge in [0, 0.05) is 17.5 Å². The summed E-state index contributed by atoms with van der Waals surface area (Å²) < 4.78 is 11.6. The lowest BCUT2D eigenvalue weighted by atomic mass is 10.1. The molecule has 0 radical (unpaired) electrons. The van der Waals surface area contributed by atoms with E-state index in [0.29, 0.717) is 23.8 Å². The fourth-order valence-corrected chi connectivity index (χ4v) is 3.06. The molecule has 0 saturated carbocycles. The molecule has 7 heteroatoms. The van der Waals surface area contributed by atoms with Gasteiger partial charge in [-0.3, -0.25) is 9.59 Å². The molecule has 26 heavy (non-hydrogen) atoms. The molecule has 1 aliphatic rings. The van der Waals surface area contributed by atoms with Gasteiger partial charge in [-0.2, -0.15) is 0 Å². The second-order valence-corrected chi connectivity index (χ2v) is 6.87. The number of ether oxygens (including phenoxy) is 2. The van der Waals surface area contributed by atoms with E-state index in [4.69, 9.17) is 15.2 Å². The maximum atomic E-state index is 11.7. The Morgan fingerprint density at radius 3 is 2.81 bits per heavy atom. The Morgan fingerprint density at radius 2 is 2.19 bits per heavy atom. The van der Waals surface area contributed by atoms with E-state index in [2.05, 4.69) is 10.3 Å². The molecule has 0 bridgehead atoms. The van der Waals surface area contributed by atoms with Gasteiger partial charge in [-0.1, -0.05) is 6.92 Å². The van der Waals surface area contributed by atoms with E-state index >= 15 is 0 Å². The maximum absolute atomic E-state index is 11.7. The average Bonchev–Trinajstić information content (AvgIpc) is 2.89. The third kappa shape index (κ3) is 3.71. The van der Waals surface area contributed by atoms with Gasteiger partial charge in [0.1, 0.15) is 12.4 Å². The number of benzene rings is 1. The molecule has 7 nitrogen and oxygen atoms in total. The molecule has 0 spiro atoms. The van der Waals surface area contributed by atoms with Gasteiger partial charge in [-0.25, -0.2) is 4.98 Å². The number of rotatable bonds is 6. The van der Waals surface area contributed by atoms with Crippen molar-refractivity contribution in [2.75, 3.05) is 6.61 Å². The lowest BCUT2D eigenvalue weighted by molar-refractivity contribution is -0.122. The molecular weight excluding hydrogens is 334 g/mol. The second-order valence-electron chi connectivity index (χ2n) is 6.87. The van der Waals surface area contributed by atoms with Gasteiger partial charge >= 0.3 is 0 Å². The van der Waals surface area contributed by atoms with Crippen LogP contribution in [0.25, 0.3) is 10.8 Å². The Bertz CT molecular complexity index is 850. The van der Waals surface area contributed by atoms with Crippen molar-refractivity contribution >= 4 is 22.6 Å². The van der Waals surface area contributed by atoms with Crippen LogP contribution in [0.3, 0.4) is 0 Å². The molecule has 2 aromatic rings. The number of carbonyl (C=O) groups is 2. The van der Waals surface area contributed by atoms with Crippen LogP contribution in [-0.4, -0.2) is 35.6 Å². The van der Waals surface area contributed by atoms with E-state index < -0.39 is 5.91 Å². The molecule has 1 aliphatic heterocycles. The van der Waals surface area contributed by atoms with E-state index in [1.54, 1.807) is 24.4 Å². The van der Waals surface area contributed by atoms with E-state index in [-0.39, 0.29) is 24.0 Å². The third-order valence-electron chi connectivity index (χ3n) is 4.31. The number of pyridine rings is 1. The molecule has 1 saturated heterocycles. The lowest BCUT2D eigenvalue weighted by Gasteiger charge is -2.16. The monoisotopic (exact) mass is 357 g/mol. The summed E-state index contributed by atoms with van der Waals surface area (Å²) in [6.07, 6.45) is 2.24. The fraction of sp³-hybridized carbons (Fsp3) is 0.421. The predicted octanol–water partition coefficient (Wildman–Crippen LogP) is 2.02. The number of hydrogen-bond donors (Lipinski definition) is 2. The largest absolute Gasteiger partial charge is 0.490 e. The molecular formula is C19H23N3O4. The molecule has 0 aliphatic carbocycles. The first-order chi connectivity index (χ1) is 12.3. The van der Waals surface area contributed by atoms with Crippen LogP contribution in [0.4, 0.5) is 0 Å². The number of carbonyl (C=O) groups excluding carboxylic acids is 2. The Balaban J connectivity index is 1.90. The zero-order valence-electron chi connectivity index (χ0n) is 15.1. The summed E-state index contributed by atoms with van der Waals surface area (Å²) in [6.45, 7) is 5.98. The summed E-state index contributed by atoms with van der Waals surface area (Å²) in [5.74, 6) is 0.322. The lowest BCUT2D eigenvalue weighted by Crippen LogP contribution is -2.31. The van der Waals surface area contributed by atoms with Crippen LogP contribution < -0.4 is 20.5 Å². The summed E-state index contributed by atoms with van der Waals surface area (Å²) in [7, 11) is 0. The van der Waals surface area contributed by atoms with Crippen molar-refractivity contribution in [2.45, 2.75) is 39.3 Å². The molecule has 3 rings (SSSR count). The molecule has 3 N–H and O–H groups in total. The van der Waals surface area contributed by atoms with E-state index in [9.17, 15) is 9.59 Å². The van der Waals surface area contributed by atoms with Crippen molar-refractivity contribution in [3.05, 3.63) is 30.0 Å². The Kier molecular flexibility index (Phi) is 4.97. The number of hydrogen-bond acceptors (Lipinski definition) is 5. The van der Waals surface area contributed by atoms with Gasteiger partial charge in [0.25, 0.3) is 5.91 Å². The number of nitrogens with zero attached hydrogens (tertiary/aromatic N) is 1. The van der Waals surface area contributed by atoms with Crippen LogP contribution in [0.2, 0.25) is 0 Å². The number of primary amides is 1. The van der Waals surface area contributed by atoms with E-state index in [0.717, 1.165) is 17.2 Å². The molecule has 2 heterocycles. The zero-order valence-corrected chi connectivity index (χ0v) is 15.1. The van der Waals surface area contributed by atoms with Crippen molar-refractivity contribution in [1.82, 2.24) is 10.3 Å². The normalized spacial score (nSPS) is 19.6. The van der Waals surface area contributed by atoms with Gasteiger partial charge < -0.3 is 20.5 Å². The first-order valence-electron chi connectivity index (χ1n) is 8.67. The van der Waals surface area contributed by atoms with Crippen LogP contribution in [0, 0.1) is 5.92 Å². The van der Waals surface area contributed by atoms with Crippen LogP contribution in [0.1, 0.15) is 37.6 Å². The van der Waals surface area contributed by atoms with Gasteiger partial charge in [-0.15, -0.1) is 0 Å². The van der Waals surface area contributed by atoms with Gasteiger partial charge in [-0.05, 0) is 43.9 Å². The van der Waals surface area contributed by atoms with E-state index in [1.807, 2.05) is 20.8 Å². The molecule has 2 atom stereocenters. The van der Waals surface area contributed by atoms with Gasteiger partial charge in [0.05, 0.1) is 17.7 Å². The number of amides is 2. The molecule has 138 valence electrons. The topological polar surface area (TPSA) is 104 Å². The quantitative estimate of drug-likeness (QED) is 0.823. The SMILES string of the molecule is CC(C)Oc1cc2c(OC[C@@H]3C[C@@H](C)C(=O)N3)nccc2cc1C(N)=O. The van der Waals surface area contributed by atoms with Crippen molar-refractivity contribution in [2.24, 2.45) is 11.7 Å². The van der Waals surface area contributed by atoms with Crippen LogP contribution in [-0.2, 0) is 4.79 Å². The number of fused-ring (bicyclic) bond motifs is 1. The first-order valence-corrected chi connectivity index (χ1v) is 8.67. The van der Waals surface area contributed by atoms with Gasteiger partial charge in [0.15, 0.2) is 0 Å². The zero-order chi connectivity index (χ0) is 18.8. The van der Waals surface area contributed by atoms with Crippen LogP contribution >= 0.6 is 0 Å². The number of nitrogens with one attached hydrogen (secondary N) is 1. The highest BCUT2D eigenvalue weighted by Crippen LogP contribution is 2.31. The van der Waals surface area contributed by atoms with Gasteiger partial charge in [0.2, 0.25) is 11.8 Å². The van der Waals surface area contributed by atoms with Crippen LogP contribution in [0.15, 0.2) is 24.4 Å². The summed E-state index contributed by atoms with van der Waals surface area (Å²) in [5.41, 5.74) is 5.80. The molecule has 1 aromatic heterocycles. The average molecular weight is 357 g/mol. The van der Waals surface area contributed by atoms with Crippen LogP contribution in [0.5, 0.6) is 11.6 Å². The molecule has 2 amide bonds. The smallest absolute Gasteiger partial charge is 0.252 e. The summed E-state index contributed by atoms with van der Waals surface area (Å²) in [5, 5.41) is 4.41. The molecule has 1 fully saturated rings. The number of nitrogens with two attached hydrogens (primary N) is 1. The fourth-order valence-electron chi connectivity index (χ4n) is 3.06. The highest BCUT2D eigenvalue weighted by molar-refractivity contribution is 6.01. The standard InChI is InChI=1S/C19H23N3O4/c1-10(2)26-16-8-14-12(7-15(16)17(20)23)4-5-21-19(14)25-9-13-6-11(3)18(24)22-13/h4-5,7-8,10-11,13H,6,9H2,1-3H3,(H2,20,23)(H,22,24)/t11-,13+/m1/s1. The molecule has 1 aromatic carbocycles. The Hall–Kier alpha value is -2.83. The minimum atomic E-state index is -0.551. The highest BCUT2D eigenvalue weighted by atomic mass is 16.5. The van der Waals surface area contributed by atoms with Crippen molar-refractivity contribution < 1.29 is 19.1 Å². The summed E-state index contributed by atoms with van der Waals surface area (Å²) >= 11 is 0. The van der Waals surface area contributed by atoms with E-state index in [1.165, 1.54) is 0 Å². The summed E-state index contributed by atoms with van der Waals surface area (Å²) in [6, 6.07) is 5.16. The first kappa shape index (κ1) is 18.0. The van der Waals surface area contributed by atoms with Crippen molar-refractivity contribution in [3.8, 4) is 11.6 Å². The molecule has 0 unspecified atom stereocenters. The number of aromatic nitrogens is 1. The highest BCUT2D eigenvalue weighted by Gasteiger charge is 2.28. The maximum Gasteiger partial charge on any atom is 0.252 e. The minimum absolute atomic E-state index is 0.00625. The Labute approximate surface area is 151 Å². The Morgan fingerprint density at radius 1 is 1.42 bits per heavy atom. The third-order valence-corrected chi connectivity index (χ3v) is 4.31.